The minimum absolute atomic E-state index is 0.102. The van der Waals surface area contributed by atoms with Crippen LogP contribution in [0.5, 0.6) is 0 Å². The van der Waals surface area contributed by atoms with Crippen LogP contribution in [0.15, 0.2) is 53.1 Å². The number of hydrogen-bond acceptors (Lipinski definition) is 5. The molecular weight excluding hydrogens is 395 g/mol. The lowest BCUT2D eigenvalue weighted by Crippen LogP contribution is -2.45. The fraction of sp³-hybridized carbons (Fsp3) is 0.375. The summed E-state index contributed by atoms with van der Waals surface area (Å²) < 4.78 is 18.7. The Hall–Kier alpha value is -3.06. The van der Waals surface area contributed by atoms with Crippen LogP contribution in [0.4, 0.5) is 4.39 Å². The van der Waals surface area contributed by atoms with E-state index in [0.717, 1.165) is 44.5 Å². The third kappa shape index (κ3) is 4.37. The lowest BCUT2D eigenvalue weighted by Gasteiger charge is -2.34. The van der Waals surface area contributed by atoms with Crippen molar-refractivity contribution in [3.8, 4) is 11.4 Å². The van der Waals surface area contributed by atoms with Crippen molar-refractivity contribution in [1.29, 1.82) is 0 Å². The normalized spacial score (nSPS) is 19.3. The summed E-state index contributed by atoms with van der Waals surface area (Å²) in [6.45, 7) is 3.50. The lowest BCUT2D eigenvalue weighted by atomic mass is 9.97. The molecule has 0 saturated carbocycles. The van der Waals surface area contributed by atoms with Crippen molar-refractivity contribution in [2.75, 3.05) is 26.2 Å². The molecule has 5 rings (SSSR count). The van der Waals surface area contributed by atoms with Crippen molar-refractivity contribution in [3.05, 3.63) is 71.4 Å². The van der Waals surface area contributed by atoms with Gasteiger partial charge in [0.25, 0.3) is 0 Å². The highest BCUT2D eigenvalue weighted by Gasteiger charge is 2.29. The van der Waals surface area contributed by atoms with E-state index in [4.69, 9.17) is 4.52 Å². The van der Waals surface area contributed by atoms with Crippen molar-refractivity contribution >= 4 is 5.91 Å². The van der Waals surface area contributed by atoms with Crippen LogP contribution < -0.4 is 0 Å². The zero-order valence-corrected chi connectivity index (χ0v) is 17.3. The number of amides is 1. The van der Waals surface area contributed by atoms with Gasteiger partial charge in [0.2, 0.25) is 17.6 Å². The largest absolute Gasteiger partial charge is 0.339 e. The molecule has 7 heteroatoms. The molecule has 0 radical (unpaired) electrons. The van der Waals surface area contributed by atoms with Crippen molar-refractivity contribution in [3.63, 3.8) is 0 Å². The monoisotopic (exact) mass is 420 g/mol. The SMILES string of the molecule is O=C(CN1CCCC(c2nc(-c3ccc(F)cc3)no2)C1)N1CCc2ccccc2C1. The summed E-state index contributed by atoms with van der Waals surface area (Å²) in [5, 5.41) is 4.07. The summed E-state index contributed by atoms with van der Waals surface area (Å²) in [5.74, 6) is 1.04. The minimum atomic E-state index is -0.294. The van der Waals surface area contributed by atoms with Crippen molar-refractivity contribution < 1.29 is 13.7 Å². The van der Waals surface area contributed by atoms with Gasteiger partial charge in [-0.1, -0.05) is 29.4 Å². The number of hydrogen-bond donors (Lipinski definition) is 0. The Morgan fingerprint density at radius 3 is 2.74 bits per heavy atom. The van der Waals surface area contributed by atoms with E-state index in [2.05, 4.69) is 33.2 Å². The smallest absolute Gasteiger partial charge is 0.237 e. The maximum absolute atomic E-state index is 13.2. The molecule has 2 aromatic carbocycles. The number of fused-ring (bicyclic) bond motifs is 1. The molecule has 3 heterocycles. The maximum atomic E-state index is 13.2. The molecule has 2 aliphatic rings. The Bertz CT molecular complexity index is 1070. The Kier molecular flexibility index (Phi) is 5.51. The maximum Gasteiger partial charge on any atom is 0.237 e. The number of benzene rings is 2. The van der Waals surface area contributed by atoms with Gasteiger partial charge in [-0.15, -0.1) is 0 Å². The van der Waals surface area contributed by atoms with Crippen LogP contribution in [0.1, 0.15) is 35.8 Å². The molecule has 2 aliphatic heterocycles. The zero-order valence-electron chi connectivity index (χ0n) is 17.3. The summed E-state index contributed by atoms with van der Waals surface area (Å²) in [5.41, 5.74) is 3.32. The predicted octanol–water partition coefficient (Wildman–Crippen LogP) is 3.64. The number of aromatic nitrogens is 2. The molecule has 6 nitrogen and oxygen atoms in total. The molecular formula is C24H25FN4O2. The van der Waals surface area contributed by atoms with Crippen molar-refractivity contribution in [2.24, 2.45) is 0 Å². The molecule has 1 unspecified atom stereocenters. The number of likely N-dealkylation sites (tertiary alicyclic amines) is 1. The number of nitrogens with zero attached hydrogens (tertiary/aromatic N) is 4. The van der Waals surface area contributed by atoms with Crippen LogP contribution in [0.25, 0.3) is 11.4 Å². The third-order valence-electron chi connectivity index (χ3n) is 6.24. The van der Waals surface area contributed by atoms with Crippen LogP contribution in [-0.4, -0.2) is 52.0 Å². The van der Waals surface area contributed by atoms with E-state index in [1.807, 2.05) is 11.0 Å². The standard InChI is InChI=1S/C24H25FN4O2/c25-21-9-7-18(8-10-21)23-26-24(31-27-23)20-6-3-12-28(14-20)16-22(30)29-13-11-17-4-1-2-5-19(17)15-29/h1-2,4-5,7-10,20H,3,6,11-16H2. The van der Waals surface area contributed by atoms with E-state index in [-0.39, 0.29) is 17.6 Å². The molecule has 160 valence electrons. The van der Waals surface area contributed by atoms with Gasteiger partial charge in [-0.05, 0) is 61.2 Å². The molecule has 0 N–H and O–H groups in total. The Balaban J connectivity index is 1.21. The Morgan fingerprint density at radius 1 is 1.10 bits per heavy atom. The first-order valence-electron chi connectivity index (χ1n) is 10.8. The molecule has 1 fully saturated rings. The van der Waals surface area contributed by atoms with Gasteiger partial charge in [0.05, 0.1) is 12.5 Å². The van der Waals surface area contributed by atoms with E-state index < -0.39 is 0 Å². The number of carbonyl (C=O) groups is 1. The first kappa shape index (κ1) is 19.9. The fourth-order valence-corrected chi connectivity index (χ4v) is 4.52. The molecule has 0 aliphatic carbocycles. The first-order valence-corrected chi connectivity index (χ1v) is 10.8. The van der Waals surface area contributed by atoms with E-state index in [1.165, 1.54) is 23.3 Å². The van der Waals surface area contributed by atoms with Gasteiger partial charge in [0.1, 0.15) is 5.82 Å². The highest BCUT2D eigenvalue weighted by Crippen LogP contribution is 2.28. The highest BCUT2D eigenvalue weighted by atomic mass is 19.1. The van der Waals surface area contributed by atoms with E-state index in [9.17, 15) is 9.18 Å². The van der Waals surface area contributed by atoms with Gasteiger partial charge in [-0.3, -0.25) is 9.69 Å². The van der Waals surface area contributed by atoms with Gasteiger partial charge in [0, 0.05) is 25.2 Å². The number of carbonyl (C=O) groups excluding carboxylic acids is 1. The van der Waals surface area contributed by atoms with Gasteiger partial charge in [-0.25, -0.2) is 4.39 Å². The van der Waals surface area contributed by atoms with Crippen LogP contribution in [0, 0.1) is 5.82 Å². The third-order valence-corrected chi connectivity index (χ3v) is 6.24. The van der Waals surface area contributed by atoms with Gasteiger partial charge < -0.3 is 9.42 Å². The summed E-state index contributed by atoms with van der Waals surface area (Å²) in [6, 6.07) is 14.4. The second-order valence-electron chi connectivity index (χ2n) is 8.37. The first-order chi connectivity index (χ1) is 15.2. The molecule has 0 spiro atoms. The highest BCUT2D eigenvalue weighted by molar-refractivity contribution is 5.78. The number of halogens is 1. The Morgan fingerprint density at radius 2 is 1.90 bits per heavy atom. The van der Waals surface area contributed by atoms with Crippen LogP contribution in [0.2, 0.25) is 0 Å². The summed E-state index contributed by atoms with van der Waals surface area (Å²) in [7, 11) is 0. The number of rotatable bonds is 4. The van der Waals surface area contributed by atoms with Crippen LogP contribution in [-0.2, 0) is 17.8 Å². The molecule has 3 aromatic rings. The van der Waals surface area contributed by atoms with Crippen molar-refractivity contribution in [1.82, 2.24) is 19.9 Å². The summed E-state index contributed by atoms with van der Waals surface area (Å²) >= 11 is 0. The number of piperidine rings is 1. The van der Waals surface area contributed by atoms with E-state index in [0.29, 0.717) is 24.8 Å². The summed E-state index contributed by atoms with van der Waals surface area (Å²) in [6.07, 6.45) is 2.85. The predicted molar refractivity (Wildman–Crippen MR) is 114 cm³/mol. The second-order valence-corrected chi connectivity index (χ2v) is 8.37. The summed E-state index contributed by atoms with van der Waals surface area (Å²) in [4.78, 5) is 21.6. The fourth-order valence-electron chi connectivity index (χ4n) is 4.52. The second kappa shape index (κ2) is 8.59. The minimum Gasteiger partial charge on any atom is -0.339 e. The molecule has 1 saturated heterocycles. The van der Waals surface area contributed by atoms with Gasteiger partial charge in [-0.2, -0.15) is 4.98 Å². The Labute approximate surface area is 180 Å². The topological polar surface area (TPSA) is 62.5 Å². The average Bonchev–Trinajstić information content (AvgIpc) is 3.30. The van der Waals surface area contributed by atoms with Gasteiger partial charge in [0.15, 0.2) is 0 Å². The average molecular weight is 420 g/mol. The van der Waals surface area contributed by atoms with Crippen LogP contribution in [0.3, 0.4) is 0 Å². The quantitative estimate of drug-likeness (QED) is 0.645. The van der Waals surface area contributed by atoms with Crippen molar-refractivity contribution in [2.45, 2.75) is 31.7 Å². The molecule has 0 bridgehead atoms. The lowest BCUT2D eigenvalue weighted by molar-refractivity contribution is -0.133. The molecule has 1 amide bonds. The van der Waals surface area contributed by atoms with Crippen LogP contribution >= 0.6 is 0 Å². The van der Waals surface area contributed by atoms with E-state index >= 15 is 0 Å². The molecule has 1 aromatic heterocycles. The van der Waals surface area contributed by atoms with E-state index in [1.54, 1.807) is 12.1 Å². The molecule has 31 heavy (non-hydrogen) atoms. The van der Waals surface area contributed by atoms with Gasteiger partial charge >= 0.3 is 0 Å². The zero-order chi connectivity index (χ0) is 21.2. The molecule has 1 atom stereocenters.